The van der Waals surface area contributed by atoms with Gasteiger partial charge in [-0.25, -0.2) is 0 Å². The maximum absolute atomic E-state index is 12.8. The molecule has 0 unspecified atom stereocenters. The molecule has 200 valence electrons. The number of hydrogen-bond donors (Lipinski definition) is 0. The Bertz CT molecular complexity index is 1970. The molecule has 6 aromatic rings. The van der Waals surface area contributed by atoms with Crippen molar-refractivity contribution in [3.63, 3.8) is 0 Å². The third-order valence-electron chi connectivity index (χ3n) is 7.33. The number of Topliss-reactive ketones (excluding diaryl/α,β-unsaturated/α-hetero) is 4. The molecular formula is C34H16O4S4. The molecule has 4 aromatic heterocycles. The molecule has 4 nitrogen and oxygen atoms in total. The van der Waals surface area contributed by atoms with Gasteiger partial charge in [-0.2, -0.15) is 0 Å². The number of allylic oxidation sites excluding steroid dienone is 2. The smallest absolute Gasteiger partial charge is 0.197 e. The Kier molecular flexibility index (Phi) is 5.80. The van der Waals surface area contributed by atoms with Crippen LogP contribution in [-0.2, 0) is 0 Å². The maximum atomic E-state index is 12.8. The second-order valence-electron chi connectivity index (χ2n) is 9.88. The van der Waals surface area contributed by atoms with Crippen LogP contribution in [-0.4, -0.2) is 23.1 Å². The molecule has 0 spiro atoms. The van der Waals surface area contributed by atoms with Crippen LogP contribution < -0.4 is 0 Å². The summed E-state index contributed by atoms with van der Waals surface area (Å²) in [5, 5.41) is 0. The first-order valence-corrected chi connectivity index (χ1v) is 16.3. The number of carbonyl (C=O) groups is 4. The molecule has 0 radical (unpaired) electrons. The maximum Gasteiger partial charge on any atom is 0.197 e. The Labute approximate surface area is 255 Å². The van der Waals surface area contributed by atoms with Crippen LogP contribution in [0, 0.1) is 0 Å². The fraction of sp³-hybridized carbons (Fsp3) is 0. The SMILES string of the molecule is O=C1C(=Cc2ccc(-c3cc4sc(-c5ccc(C=C6C(=O)c7ccccc7C6=O)s5)cc4s3)s2)C(=O)c2ccccc21. The first-order chi connectivity index (χ1) is 20.4. The summed E-state index contributed by atoms with van der Waals surface area (Å²) in [6.45, 7) is 0. The molecule has 0 bridgehead atoms. The zero-order chi connectivity index (χ0) is 28.5. The summed E-state index contributed by atoms with van der Waals surface area (Å²) >= 11 is 6.55. The van der Waals surface area contributed by atoms with Crippen LogP contribution in [0.1, 0.15) is 51.2 Å². The highest BCUT2D eigenvalue weighted by Crippen LogP contribution is 2.45. The third kappa shape index (κ3) is 3.99. The summed E-state index contributed by atoms with van der Waals surface area (Å²) in [5.41, 5.74) is 2.33. The van der Waals surface area contributed by atoms with Crippen LogP contribution in [0.4, 0.5) is 0 Å². The monoisotopic (exact) mass is 616 g/mol. The largest absolute Gasteiger partial charge is 0.288 e. The van der Waals surface area contributed by atoms with Crippen molar-refractivity contribution in [1.29, 1.82) is 0 Å². The van der Waals surface area contributed by atoms with Crippen molar-refractivity contribution < 1.29 is 19.2 Å². The molecule has 8 heteroatoms. The van der Waals surface area contributed by atoms with Gasteiger partial charge in [-0.1, -0.05) is 48.5 Å². The molecule has 0 fully saturated rings. The molecule has 4 heterocycles. The zero-order valence-corrected chi connectivity index (χ0v) is 24.8. The number of rotatable bonds is 4. The number of carbonyl (C=O) groups excluding carboxylic acids is 4. The molecule has 0 saturated heterocycles. The van der Waals surface area contributed by atoms with Crippen LogP contribution in [0.5, 0.6) is 0 Å². The average molecular weight is 617 g/mol. The Morgan fingerprint density at radius 1 is 0.405 bits per heavy atom. The predicted molar refractivity (Wildman–Crippen MR) is 172 cm³/mol. The molecule has 0 amide bonds. The van der Waals surface area contributed by atoms with E-state index in [2.05, 4.69) is 12.1 Å². The van der Waals surface area contributed by atoms with Crippen LogP contribution >= 0.6 is 45.3 Å². The molecule has 0 aliphatic heterocycles. The van der Waals surface area contributed by atoms with Gasteiger partial charge in [0.05, 0.1) is 11.1 Å². The van der Waals surface area contributed by atoms with E-state index in [1.807, 2.05) is 24.3 Å². The first kappa shape index (κ1) is 25.4. The summed E-state index contributed by atoms with van der Waals surface area (Å²) in [6.07, 6.45) is 3.42. The van der Waals surface area contributed by atoms with Crippen LogP contribution in [0.15, 0.2) is 96.1 Å². The second kappa shape index (κ2) is 9.61. The standard InChI is InChI=1S/C34H16O4S4/c35-31-19-5-1-2-6-20(19)32(36)23(31)13-17-9-11-25(39-17)27-15-29-30(41-27)16-28(42-29)26-12-10-18(40-26)14-24-33(37)21-7-3-4-8-22(21)34(24)38/h1-16H. The average Bonchev–Trinajstić information content (AvgIpc) is 3.84. The second-order valence-corrected chi connectivity index (χ2v) is 14.3. The van der Waals surface area contributed by atoms with Crippen molar-refractivity contribution in [1.82, 2.24) is 0 Å². The summed E-state index contributed by atoms with van der Waals surface area (Å²) in [4.78, 5) is 57.3. The van der Waals surface area contributed by atoms with E-state index < -0.39 is 0 Å². The van der Waals surface area contributed by atoms with Crippen molar-refractivity contribution >= 4 is 90.0 Å². The highest BCUT2D eigenvalue weighted by molar-refractivity contribution is 7.33. The number of ketones is 4. The molecule has 2 aliphatic carbocycles. The first-order valence-electron chi connectivity index (χ1n) is 13.0. The Morgan fingerprint density at radius 2 is 0.762 bits per heavy atom. The quantitative estimate of drug-likeness (QED) is 0.146. The number of fused-ring (bicyclic) bond motifs is 3. The van der Waals surface area contributed by atoms with E-state index in [-0.39, 0.29) is 34.3 Å². The van der Waals surface area contributed by atoms with Gasteiger partial charge in [0, 0.05) is 60.9 Å². The Balaban J connectivity index is 1.03. The molecule has 2 aliphatic rings. The summed E-state index contributed by atoms with van der Waals surface area (Å²) in [6, 6.07) is 26.3. The molecule has 0 atom stereocenters. The minimum atomic E-state index is -0.214. The van der Waals surface area contributed by atoms with Gasteiger partial charge in [-0.05, 0) is 48.6 Å². The fourth-order valence-corrected chi connectivity index (χ4v) is 9.76. The van der Waals surface area contributed by atoms with Crippen LogP contribution in [0.3, 0.4) is 0 Å². The lowest BCUT2D eigenvalue weighted by Crippen LogP contribution is -1.99. The minimum Gasteiger partial charge on any atom is -0.288 e. The van der Waals surface area contributed by atoms with Gasteiger partial charge in [0.2, 0.25) is 0 Å². The van der Waals surface area contributed by atoms with Gasteiger partial charge in [-0.3, -0.25) is 19.2 Å². The van der Waals surface area contributed by atoms with E-state index in [0.717, 1.165) is 29.3 Å². The molecular weight excluding hydrogens is 601 g/mol. The molecule has 8 rings (SSSR count). The van der Waals surface area contributed by atoms with Crippen molar-refractivity contribution in [3.8, 4) is 19.5 Å². The number of benzene rings is 2. The van der Waals surface area contributed by atoms with Gasteiger partial charge in [-0.15, -0.1) is 45.3 Å². The Hall–Kier alpha value is -4.34. The van der Waals surface area contributed by atoms with E-state index in [0.29, 0.717) is 22.3 Å². The molecule has 42 heavy (non-hydrogen) atoms. The zero-order valence-electron chi connectivity index (χ0n) is 21.5. The fourth-order valence-electron chi connectivity index (χ4n) is 5.30. The van der Waals surface area contributed by atoms with Gasteiger partial charge < -0.3 is 0 Å². The van der Waals surface area contributed by atoms with Crippen molar-refractivity contribution in [3.05, 3.63) is 128 Å². The van der Waals surface area contributed by atoms with Crippen molar-refractivity contribution in [2.75, 3.05) is 0 Å². The van der Waals surface area contributed by atoms with Gasteiger partial charge >= 0.3 is 0 Å². The lowest BCUT2D eigenvalue weighted by molar-refractivity contribution is 0.0975. The highest BCUT2D eigenvalue weighted by Gasteiger charge is 2.33. The number of hydrogen-bond acceptors (Lipinski definition) is 8. The van der Waals surface area contributed by atoms with E-state index in [1.54, 1.807) is 106 Å². The van der Waals surface area contributed by atoms with Gasteiger partial charge in [0.1, 0.15) is 0 Å². The van der Waals surface area contributed by atoms with Crippen LogP contribution in [0.25, 0.3) is 41.1 Å². The number of thiophene rings is 4. The van der Waals surface area contributed by atoms with E-state index in [1.165, 1.54) is 9.40 Å². The third-order valence-corrected chi connectivity index (χ3v) is 12.1. The molecule has 0 N–H and O–H groups in total. The summed E-state index contributed by atoms with van der Waals surface area (Å²) < 4.78 is 2.36. The normalized spacial score (nSPS) is 14.3. The van der Waals surface area contributed by atoms with E-state index in [4.69, 9.17) is 0 Å². The van der Waals surface area contributed by atoms with Crippen molar-refractivity contribution in [2.45, 2.75) is 0 Å². The topological polar surface area (TPSA) is 68.3 Å². The molecule has 2 aromatic carbocycles. The molecule has 0 saturated carbocycles. The van der Waals surface area contributed by atoms with Gasteiger partial charge in [0.15, 0.2) is 23.1 Å². The van der Waals surface area contributed by atoms with Gasteiger partial charge in [0.25, 0.3) is 0 Å². The van der Waals surface area contributed by atoms with Crippen molar-refractivity contribution in [2.24, 2.45) is 0 Å². The predicted octanol–water partition coefficient (Wildman–Crippen LogP) is 9.34. The van der Waals surface area contributed by atoms with Crippen LogP contribution in [0.2, 0.25) is 0 Å². The van der Waals surface area contributed by atoms with E-state index >= 15 is 0 Å². The summed E-state index contributed by atoms with van der Waals surface area (Å²) in [5.74, 6) is -0.855. The summed E-state index contributed by atoms with van der Waals surface area (Å²) in [7, 11) is 0. The lowest BCUT2D eigenvalue weighted by atomic mass is 10.1. The minimum absolute atomic E-state index is 0.214. The lowest BCUT2D eigenvalue weighted by Gasteiger charge is -1.93. The highest BCUT2D eigenvalue weighted by atomic mass is 32.1. The van der Waals surface area contributed by atoms with E-state index in [9.17, 15) is 19.2 Å². The Morgan fingerprint density at radius 3 is 1.12 bits per heavy atom.